The molecule has 2 amide bonds. The van der Waals surface area contributed by atoms with E-state index in [0.29, 0.717) is 10.0 Å². The lowest BCUT2D eigenvalue weighted by molar-refractivity contribution is -0.119. The van der Waals surface area contributed by atoms with Gasteiger partial charge in [0.05, 0.1) is 10.6 Å². The van der Waals surface area contributed by atoms with Crippen molar-refractivity contribution in [3.05, 3.63) is 52.2 Å². The zero-order valence-corrected chi connectivity index (χ0v) is 18.4. The maximum atomic E-state index is 12.0. The highest BCUT2D eigenvalue weighted by Crippen LogP contribution is 2.26. The van der Waals surface area contributed by atoms with Gasteiger partial charge in [-0.25, -0.2) is 0 Å². The Morgan fingerprint density at radius 2 is 1.83 bits per heavy atom. The number of benzene rings is 1. The third-order valence-electron chi connectivity index (χ3n) is 4.24. The first kappa shape index (κ1) is 21.1. The van der Waals surface area contributed by atoms with E-state index in [1.54, 1.807) is 17.5 Å². The number of rotatable bonds is 5. The number of thiophene rings is 1. The Morgan fingerprint density at radius 3 is 2.45 bits per heavy atom. The Bertz CT molecular complexity index is 989. The summed E-state index contributed by atoms with van der Waals surface area (Å²) in [4.78, 5) is 24.4. The topological polar surface area (TPSA) is 88.9 Å². The SMILES string of the molecule is Cn1c(SCC(=O)NNC(=O)c2cccs2)nnc1-c1ccc(C(C)(C)C)cc1. The van der Waals surface area contributed by atoms with Crippen molar-refractivity contribution >= 4 is 34.9 Å². The Kier molecular flexibility index (Phi) is 6.39. The highest BCUT2D eigenvalue weighted by atomic mass is 32.2. The molecule has 0 aliphatic rings. The van der Waals surface area contributed by atoms with Crippen LogP contribution in [0.1, 0.15) is 36.0 Å². The molecule has 9 heteroatoms. The van der Waals surface area contributed by atoms with Gasteiger partial charge in [-0.3, -0.25) is 20.4 Å². The maximum absolute atomic E-state index is 12.0. The van der Waals surface area contributed by atoms with Crippen molar-refractivity contribution in [2.24, 2.45) is 7.05 Å². The first-order valence-electron chi connectivity index (χ1n) is 9.01. The number of aromatic nitrogens is 3. The van der Waals surface area contributed by atoms with Crippen LogP contribution in [0.5, 0.6) is 0 Å². The molecule has 7 nitrogen and oxygen atoms in total. The molecule has 2 N–H and O–H groups in total. The number of thioether (sulfide) groups is 1. The minimum atomic E-state index is -0.335. The van der Waals surface area contributed by atoms with Crippen LogP contribution in [0, 0.1) is 0 Å². The predicted molar refractivity (Wildman–Crippen MR) is 116 cm³/mol. The Balaban J connectivity index is 1.57. The zero-order chi connectivity index (χ0) is 21.0. The lowest BCUT2D eigenvalue weighted by Gasteiger charge is -2.19. The third kappa shape index (κ3) is 5.24. The fraction of sp³-hybridized carbons (Fsp3) is 0.300. The third-order valence-corrected chi connectivity index (χ3v) is 6.13. The number of hydrogen-bond acceptors (Lipinski definition) is 6. The summed E-state index contributed by atoms with van der Waals surface area (Å²) in [7, 11) is 1.87. The summed E-state index contributed by atoms with van der Waals surface area (Å²) >= 11 is 2.56. The fourth-order valence-electron chi connectivity index (χ4n) is 2.57. The van der Waals surface area contributed by atoms with Crippen LogP contribution in [0.25, 0.3) is 11.4 Å². The Labute approximate surface area is 177 Å². The number of nitrogens with zero attached hydrogens (tertiary/aromatic N) is 3. The van der Waals surface area contributed by atoms with Crippen molar-refractivity contribution in [3.8, 4) is 11.4 Å². The molecule has 0 saturated heterocycles. The summed E-state index contributed by atoms with van der Waals surface area (Å²) in [5.74, 6) is 0.191. The normalized spacial score (nSPS) is 11.3. The summed E-state index contributed by atoms with van der Waals surface area (Å²) in [5, 5.41) is 10.9. The van der Waals surface area contributed by atoms with E-state index >= 15 is 0 Å². The largest absolute Gasteiger partial charge is 0.305 e. The first-order valence-corrected chi connectivity index (χ1v) is 10.9. The molecule has 2 aromatic heterocycles. The molecular weight excluding hydrogens is 406 g/mol. The van der Waals surface area contributed by atoms with Gasteiger partial charge in [0.25, 0.3) is 5.91 Å². The van der Waals surface area contributed by atoms with Crippen molar-refractivity contribution < 1.29 is 9.59 Å². The average Bonchev–Trinajstić information content (AvgIpc) is 3.34. The highest BCUT2D eigenvalue weighted by Gasteiger charge is 2.16. The summed E-state index contributed by atoms with van der Waals surface area (Å²) in [6.07, 6.45) is 0. The van der Waals surface area contributed by atoms with Crippen molar-refractivity contribution in [1.82, 2.24) is 25.6 Å². The number of nitrogens with one attached hydrogen (secondary N) is 2. The highest BCUT2D eigenvalue weighted by molar-refractivity contribution is 7.99. The molecular formula is C20H23N5O2S2. The molecule has 2 heterocycles. The van der Waals surface area contributed by atoms with E-state index in [9.17, 15) is 9.59 Å². The Hall–Kier alpha value is -2.65. The minimum Gasteiger partial charge on any atom is -0.305 e. The molecule has 29 heavy (non-hydrogen) atoms. The summed E-state index contributed by atoms with van der Waals surface area (Å²) < 4.78 is 1.86. The van der Waals surface area contributed by atoms with Gasteiger partial charge in [-0.15, -0.1) is 21.5 Å². The first-order chi connectivity index (χ1) is 13.8. The average molecular weight is 430 g/mol. The van der Waals surface area contributed by atoms with E-state index in [0.717, 1.165) is 11.4 Å². The van der Waals surface area contributed by atoms with Crippen molar-refractivity contribution in [3.63, 3.8) is 0 Å². The summed E-state index contributed by atoms with van der Waals surface area (Å²) in [5.41, 5.74) is 7.11. The molecule has 0 unspecified atom stereocenters. The quantitative estimate of drug-likeness (QED) is 0.479. The lowest BCUT2D eigenvalue weighted by atomic mass is 9.87. The molecule has 152 valence electrons. The van der Waals surface area contributed by atoms with E-state index in [4.69, 9.17) is 0 Å². The molecule has 0 saturated carbocycles. The van der Waals surface area contributed by atoms with Gasteiger partial charge in [0.15, 0.2) is 11.0 Å². The van der Waals surface area contributed by atoms with Crippen molar-refractivity contribution in [2.45, 2.75) is 31.3 Å². The number of amides is 2. The fourth-order valence-corrected chi connectivity index (χ4v) is 3.90. The van der Waals surface area contributed by atoms with Gasteiger partial charge in [0.1, 0.15) is 0 Å². The molecule has 0 fully saturated rings. The lowest BCUT2D eigenvalue weighted by Crippen LogP contribution is -2.42. The molecule has 0 spiro atoms. The van der Waals surface area contributed by atoms with E-state index in [2.05, 4.69) is 54.0 Å². The van der Waals surface area contributed by atoms with Crippen LogP contribution in [0.4, 0.5) is 0 Å². The van der Waals surface area contributed by atoms with Crippen molar-refractivity contribution in [1.29, 1.82) is 0 Å². The molecule has 0 bridgehead atoms. The van der Waals surface area contributed by atoms with Crippen LogP contribution < -0.4 is 10.9 Å². The molecule has 1 aromatic carbocycles. The second-order valence-corrected chi connectivity index (χ2v) is 9.35. The summed E-state index contributed by atoms with van der Waals surface area (Å²) in [6.45, 7) is 6.52. The predicted octanol–water partition coefficient (Wildman–Crippen LogP) is 3.39. The van der Waals surface area contributed by atoms with Gasteiger partial charge >= 0.3 is 0 Å². The second kappa shape index (κ2) is 8.79. The summed E-state index contributed by atoms with van der Waals surface area (Å²) in [6, 6.07) is 11.7. The van der Waals surface area contributed by atoms with E-state index in [1.165, 1.54) is 28.7 Å². The minimum absolute atomic E-state index is 0.0890. The van der Waals surface area contributed by atoms with Gasteiger partial charge in [0.2, 0.25) is 5.91 Å². The number of hydrogen-bond donors (Lipinski definition) is 2. The van der Waals surface area contributed by atoms with Crippen LogP contribution in [-0.2, 0) is 17.3 Å². The number of carbonyl (C=O) groups excluding carboxylic acids is 2. The van der Waals surface area contributed by atoms with Gasteiger partial charge < -0.3 is 4.57 Å². The second-order valence-electron chi connectivity index (χ2n) is 7.46. The van der Waals surface area contributed by atoms with Crippen LogP contribution in [0.15, 0.2) is 46.9 Å². The zero-order valence-electron chi connectivity index (χ0n) is 16.7. The molecule has 3 rings (SSSR count). The van der Waals surface area contributed by atoms with E-state index in [-0.39, 0.29) is 23.0 Å². The molecule has 0 atom stereocenters. The van der Waals surface area contributed by atoms with Gasteiger partial charge in [-0.2, -0.15) is 0 Å². The monoisotopic (exact) mass is 429 g/mol. The van der Waals surface area contributed by atoms with Gasteiger partial charge in [-0.1, -0.05) is 62.9 Å². The number of carbonyl (C=O) groups is 2. The van der Waals surface area contributed by atoms with Gasteiger partial charge in [0, 0.05) is 12.6 Å². The Morgan fingerprint density at radius 1 is 1.10 bits per heavy atom. The van der Waals surface area contributed by atoms with E-state index in [1.807, 2.05) is 23.7 Å². The maximum Gasteiger partial charge on any atom is 0.279 e. The van der Waals surface area contributed by atoms with E-state index < -0.39 is 0 Å². The molecule has 0 aliphatic heterocycles. The van der Waals surface area contributed by atoms with Crippen LogP contribution in [0.3, 0.4) is 0 Å². The van der Waals surface area contributed by atoms with Gasteiger partial charge in [-0.05, 0) is 22.4 Å². The van der Waals surface area contributed by atoms with Crippen molar-refractivity contribution in [2.75, 3.05) is 5.75 Å². The van der Waals surface area contributed by atoms with Crippen LogP contribution >= 0.6 is 23.1 Å². The molecule has 3 aromatic rings. The van der Waals surface area contributed by atoms with Crippen LogP contribution in [-0.4, -0.2) is 32.3 Å². The molecule has 0 aliphatic carbocycles. The van der Waals surface area contributed by atoms with Crippen LogP contribution in [0.2, 0.25) is 0 Å². The molecule has 0 radical (unpaired) electrons. The smallest absolute Gasteiger partial charge is 0.279 e. The standard InChI is InChI=1S/C20H23N5O2S2/c1-20(2,3)14-9-7-13(8-10-14)17-22-24-19(25(17)4)29-12-16(26)21-23-18(27)15-6-5-11-28-15/h5-11H,12H2,1-4H3,(H,21,26)(H,23,27). The number of hydrazine groups is 1.